The summed E-state index contributed by atoms with van der Waals surface area (Å²) in [5.74, 6) is -0.295. The zero-order valence-electron chi connectivity index (χ0n) is 26.3. The second-order valence-electron chi connectivity index (χ2n) is 12.0. The van der Waals surface area contributed by atoms with Gasteiger partial charge in [0.15, 0.2) is 5.78 Å². The molecule has 4 heterocycles. The summed E-state index contributed by atoms with van der Waals surface area (Å²) in [6, 6.07) is 14.4. The highest BCUT2D eigenvalue weighted by molar-refractivity contribution is 6.06. The fraction of sp³-hybridized carbons (Fsp3) is 0.417. The molecule has 0 saturated carbocycles. The van der Waals surface area contributed by atoms with Gasteiger partial charge in [0.05, 0.1) is 43.0 Å². The molecule has 1 unspecified atom stereocenters. The van der Waals surface area contributed by atoms with Gasteiger partial charge in [0.2, 0.25) is 11.8 Å². The topological polar surface area (TPSA) is 140 Å². The van der Waals surface area contributed by atoms with Crippen LogP contribution >= 0.6 is 0 Å². The minimum Gasteiger partial charge on any atom is -0.507 e. The first-order valence-corrected chi connectivity index (χ1v) is 16.3. The van der Waals surface area contributed by atoms with Crippen molar-refractivity contribution in [3.8, 4) is 11.5 Å². The van der Waals surface area contributed by atoms with Gasteiger partial charge in [-0.15, -0.1) is 0 Å². The Kier molecular flexibility index (Phi) is 10.5. The van der Waals surface area contributed by atoms with Gasteiger partial charge in [-0.25, -0.2) is 9.97 Å². The fourth-order valence-electron chi connectivity index (χ4n) is 6.65. The zero-order chi connectivity index (χ0) is 32.6. The highest BCUT2D eigenvalue weighted by Crippen LogP contribution is 2.43. The van der Waals surface area contributed by atoms with Crippen molar-refractivity contribution in [3.63, 3.8) is 0 Å². The number of phenolic OH excluding ortho intramolecular Hbond substituents is 1. The first-order valence-electron chi connectivity index (χ1n) is 16.3. The number of fused-ring (bicyclic) bond motifs is 4. The number of carbonyl (C=O) groups excluding carboxylic acids is 3. The number of rotatable bonds is 15. The largest absolute Gasteiger partial charge is 0.507 e. The van der Waals surface area contributed by atoms with Crippen LogP contribution in [0, 0.1) is 0 Å². The quantitative estimate of drug-likeness (QED) is 0.107. The van der Waals surface area contributed by atoms with E-state index in [-0.39, 0.29) is 35.3 Å². The van der Waals surface area contributed by atoms with Crippen LogP contribution in [-0.4, -0.2) is 76.6 Å². The Morgan fingerprint density at radius 1 is 0.957 bits per heavy atom. The molecule has 3 aliphatic heterocycles. The maximum atomic E-state index is 12.7. The second kappa shape index (κ2) is 15.3. The number of allylic oxidation sites excluding steroid dienone is 1. The number of aromatic hydroxyl groups is 1. The van der Waals surface area contributed by atoms with E-state index in [1.54, 1.807) is 30.6 Å². The molecule has 6 rings (SSSR count). The number of piperidine rings is 1. The van der Waals surface area contributed by atoms with Crippen LogP contribution in [0.5, 0.6) is 11.5 Å². The molecule has 2 bridgehead atoms. The zero-order valence-corrected chi connectivity index (χ0v) is 26.3. The standard InChI is InChI=1S/C36H40N4O7/c41-32-6-2-1-4-28(32)33(42)15-16-40-25-9-13-31(40)35-29(22-25)30(37-23-38-35)5-3-17-45-18-19-46-20-21-47-26-10-7-24(8-11-26)27-12-14-34(43)39-36(27)44/h1-2,4,6-8,10-11,15-16,23,25,27,31,41H,3,5,9,12-14,17-22H2,(H,39,43,44)/b16-15+/t25-,27?,31+/m0/s1. The lowest BCUT2D eigenvalue weighted by atomic mass is 9.90. The Bertz CT molecular complexity index is 1610. The van der Waals surface area contributed by atoms with Crippen molar-refractivity contribution >= 4 is 17.6 Å². The molecule has 0 aliphatic carbocycles. The Labute approximate surface area is 274 Å². The molecule has 3 aliphatic rings. The minimum absolute atomic E-state index is 0.0119. The van der Waals surface area contributed by atoms with E-state index in [0.29, 0.717) is 63.2 Å². The Morgan fingerprint density at radius 2 is 1.74 bits per heavy atom. The number of benzene rings is 2. The number of imide groups is 1. The molecule has 0 radical (unpaired) electrons. The number of ketones is 1. The number of aromatic nitrogens is 2. The van der Waals surface area contributed by atoms with Gasteiger partial charge in [0.1, 0.15) is 24.4 Å². The summed E-state index contributed by atoms with van der Waals surface area (Å²) >= 11 is 0. The van der Waals surface area contributed by atoms with Crippen LogP contribution < -0.4 is 10.1 Å². The van der Waals surface area contributed by atoms with Crippen molar-refractivity contribution in [1.82, 2.24) is 20.2 Å². The van der Waals surface area contributed by atoms with Gasteiger partial charge >= 0.3 is 0 Å². The fourth-order valence-corrected chi connectivity index (χ4v) is 6.65. The minimum atomic E-state index is -0.303. The molecule has 0 spiro atoms. The van der Waals surface area contributed by atoms with E-state index in [0.717, 1.165) is 49.1 Å². The number of para-hydroxylation sites is 1. The first-order chi connectivity index (χ1) is 23.0. The van der Waals surface area contributed by atoms with Crippen LogP contribution in [0.1, 0.15) is 76.9 Å². The maximum Gasteiger partial charge on any atom is 0.234 e. The van der Waals surface area contributed by atoms with E-state index in [4.69, 9.17) is 14.2 Å². The molecule has 2 N–H and O–H groups in total. The molecule has 3 atom stereocenters. The van der Waals surface area contributed by atoms with Crippen molar-refractivity contribution in [1.29, 1.82) is 0 Å². The molecular weight excluding hydrogens is 600 g/mol. The average Bonchev–Trinajstić information content (AvgIpc) is 3.36. The van der Waals surface area contributed by atoms with Gasteiger partial charge in [-0.05, 0) is 73.9 Å². The number of nitrogens with zero attached hydrogens (tertiary/aromatic N) is 3. The second-order valence-corrected chi connectivity index (χ2v) is 12.0. The van der Waals surface area contributed by atoms with Crippen molar-refractivity contribution in [3.05, 3.63) is 95.2 Å². The molecule has 2 amide bonds. The highest BCUT2D eigenvalue weighted by atomic mass is 16.5. The molecular formula is C36H40N4O7. The number of amides is 2. The molecule has 1 aromatic heterocycles. The summed E-state index contributed by atoms with van der Waals surface area (Å²) in [6.07, 6.45) is 10.4. The average molecular weight is 641 g/mol. The number of nitrogens with one attached hydrogen (secondary N) is 1. The number of hydrogen-bond donors (Lipinski definition) is 2. The molecule has 47 heavy (non-hydrogen) atoms. The van der Waals surface area contributed by atoms with E-state index in [1.165, 1.54) is 11.6 Å². The van der Waals surface area contributed by atoms with E-state index >= 15 is 0 Å². The Hall–Kier alpha value is -4.61. The van der Waals surface area contributed by atoms with Crippen molar-refractivity contribution in [2.24, 2.45) is 0 Å². The molecule has 11 nitrogen and oxygen atoms in total. The van der Waals surface area contributed by atoms with Crippen LogP contribution in [0.25, 0.3) is 0 Å². The predicted molar refractivity (Wildman–Crippen MR) is 172 cm³/mol. The SMILES string of the molecule is O=C1CCC(c2ccc(OCCOCCOCCCc3ncnc4c3C[C@@H]3CC[C@H]4N3/C=C/C(=O)c3ccccc3O)cc2)C(=O)N1. The molecule has 2 saturated heterocycles. The van der Waals surface area contributed by atoms with Gasteiger partial charge in [-0.3, -0.25) is 19.7 Å². The number of carbonyl (C=O) groups is 3. The number of aryl methyl sites for hydroxylation is 1. The van der Waals surface area contributed by atoms with E-state index in [9.17, 15) is 19.5 Å². The monoisotopic (exact) mass is 640 g/mol. The Morgan fingerprint density at radius 3 is 2.55 bits per heavy atom. The highest BCUT2D eigenvalue weighted by Gasteiger charge is 2.40. The molecule has 246 valence electrons. The van der Waals surface area contributed by atoms with E-state index < -0.39 is 0 Å². The predicted octanol–water partition coefficient (Wildman–Crippen LogP) is 4.21. The Balaban J connectivity index is 0.872. The molecule has 3 aromatic rings. The summed E-state index contributed by atoms with van der Waals surface area (Å²) in [6.45, 7) is 2.41. The van der Waals surface area contributed by atoms with Gasteiger partial charge < -0.3 is 24.2 Å². The smallest absolute Gasteiger partial charge is 0.234 e. The van der Waals surface area contributed by atoms with Gasteiger partial charge in [0.25, 0.3) is 0 Å². The van der Waals surface area contributed by atoms with Gasteiger partial charge in [0, 0.05) is 37.0 Å². The van der Waals surface area contributed by atoms with E-state index in [1.807, 2.05) is 30.5 Å². The lowest BCUT2D eigenvalue weighted by molar-refractivity contribution is -0.134. The number of hydrogen-bond acceptors (Lipinski definition) is 10. The summed E-state index contributed by atoms with van der Waals surface area (Å²) in [4.78, 5) is 47.6. The van der Waals surface area contributed by atoms with E-state index in [2.05, 4.69) is 20.2 Å². The van der Waals surface area contributed by atoms with Crippen molar-refractivity contribution in [2.75, 3.05) is 33.0 Å². The van der Waals surface area contributed by atoms with Gasteiger partial charge in [-0.2, -0.15) is 0 Å². The normalized spacial score (nSPS) is 20.3. The summed E-state index contributed by atoms with van der Waals surface area (Å²) in [7, 11) is 0. The maximum absolute atomic E-state index is 12.7. The van der Waals surface area contributed by atoms with Crippen LogP contribution in [0.4, 0.5) is 0 Å². The van der Waals surface area contributed by atoms with Crippen LogP contribution in [0.3, 0.4) is 0 Å². The molecule has 11 heteroatoms. The summed E-state index contributed by atoms with van der Waals surface area (Å²) < 4.78 is 17.2. The third-order valence-electron chi connectivity index (χ3n) is 9.04. The molecule has 2 aromatic carbocycles. The summed E-state index contributed by atoms with van der Waals surface area (Å²) in [5, 5.41) is 12.4. The van der Waals surface area contributed by atoms with Crippen molar-refractivity contribution in [2.45, 2.75) is 62.9 Å². The lowest BCUT2D eigenvalue weighted by Gasteiger charge is -2.35. The third kappa shape index (κ3) is 7.86. The summed E-state index contributed by atoms with van der Waals surface area (Å²) in [5.41, 5.74) is 4.52. The number of phenols is 1. The van der Waals surface area contributed by atoms with Crippen LogP contribution in [0.2, 0.25) is 0 Å². The van der Waals surface area contributed by atoms with Crippen molar-refractivity contribution < 1.29 is 33.7 Å². The number of ether oxygens (including phenoxy) is 3. The lowest BCUT2D eigenvalue weighted by Crippen LogP contribution is -2.39. The van der Waals surface area contributed by atoms with Crippen LogP contribution in [0.15, 0.2) is 67.1 Å². The molecule has 2 fully saturated rings. The van der Waals surface area contributed by atoms with Crippen LogP contribution in [-0.2, 0) is 31.9 Å². The first kappa shape index (κ1) is 32.3. The third-order valence-corrected chi connectivity index (χ3v) is 9.04. The van der Waals surface area contributed by atoms with Gasteiger partial charge in [-0.1, -0.05) is 24.3 Å².